The summed E-state index contributed by atoms with van der Waals surface area (Å²) in [7, 11) is 1.67. The number of carbonyl (C=O) groups is 1. The Balaban J connectivity index is 1.93. The van der Waals surface area contributed by atoms with Gasteiger partial charge in [-0.3, -0.25) is 4.79 Å². The average Bonchev–Trinajstić information content (AvgIpc) is 3.17. The number of halogens is 1. The van der Waals surface area contributed by atoms with Gasteiger partial charge in [-0.05, 0) is 30.9 Å². The van der Waals surface area contributed by atoms with Gasteiger partial charge in [0.15, 0.2) is 0 Å². The number of nitrogens with zero attached hydrogens (tertiary/aromatic N) is 2. The van der Waals surface area contributed by atoms with E-state index >= 15 is 0 Å². The van der Waals surface area contributed by atoms with Crippen LogP contribution in [0.4, 0.5) is 4.39 Å². The summed E-state index contributed by atoms with van der Waals surface area (Å²) < 4.78 is 13.4. The summed E-state index contributed by atoms with van der Waals surface area (Å²) in [6.45, 7) is 0.434. The molecule has 0 spiro atoms. The fraction of sp³-hybridized carbons (Fsp3) is 0.429. The Hall–Kier alpha value is -1.89. The molecule has 0 N–H and O–H groups in total. The lowest BCUT2D eigenvalue weighted by atomic mass is 10.1. The van der Waals surface area contributed by atoms with Crippen molar-refractivity contribution in [3.05, 3.63) is 35.6 Å². The largest absolute Gasteiger partial charge is 0.344 e. The van der Waals surface area contributed by atoms with Gasteiger partial charge in [-0.25, -0.2) is 4.39 Å². The fourth-order valence-electron chi connectivity index (χ4n) is 1.95. The van der Waals surface area contributed by atoms with Crippen LogP contribution in [0.3, 0.4) is 0 Å². The molecular weight excluding hydrogens is 231 g/mol. The number of amides is 1. The molecule has 0 bridgehead atoms. The van der Waals surface area contributed by atoms with Gasteiger partial charge >= 0.3 is 0 Å². The zero-order valence-corrected chi connectivity index (χ0v) is 10.3. The van der Waals surface area contributed by atoms with Crippen molar-refractivity contribution in [1.29, 1.82) is 5.26 Å². The van der Waals surface area contributed by atoms with Crippen LogP contribution in [0.25, 0.3) is 0 Å². The van der Waals surface area contributed by atoms with Crippen LogP contribution in [-0.4, -0.2) is 24.4 Å². The highest BCUT2D eigenvalue weighted by atomic mass is 19.1. The van der Waals surface area contributed by atoms with Crippen molar-refractivity contribution < 1.29 is 9.18 Å². The van der Waals surface area contributed by atoms with Crippen LogP contribution in [0, 0.1) is 22.6 Å². The third-order valence-corrected chi connectivity index (χ3v) is 3.39. The van der Waals surface area contributed by atoms with Gasteiger partial charge in [-0.2, -0.15) is 5.26 Å². The highest BCUT2D eigenvalue weighted by molar-refractivity contribution is 5.88. The third kappa shape index (κ3) is 2.35. The highest BCUT2D eigenvalue weighted by Gasteiger charge is 2.51. The van der Waals surface area contributed by atoms with E-state index in [0.29, 0.717) is 31.4 Å². The summed E-state index contributed by atoms with van der Waals surface area (Å²) >= 11 is 0. The average molecular weight is 246 g/mol. The molecule has 0 heterocycles. The number of benzene rings is 1. The maximum atomic E-state index is 13.4. The van der Waals surface area contributed by atoms with Gasteiger partial charge in [-0.15, -0.1) is 0 Å². The van der Waals surface area contributed by atoms with Crippen LogP contribution >= 0.6 is 0 Å². The van der Waals surface area contributed by atoms with E-state index in [1.807, 2.05) is 0 Å². The predicted molar refractivity (Wildman–Crippen MR) is 65.0 cm³/mol. The quantitative estimate of drug-likeness (QED) is 0.816. The molecule has 1 aromatic carbocycles. The first-order chi connectivity index (χ1) is 8.59. The zero-order chi connectivity index (χ0) is 13.2. The van der Waals surface area contributed by atoms with Gasteiger partial charge in [0.1, 0.15) is 11.2 Å². The molecule has 0 radical (unpaired) electrons. The number of carbonyl (C=O) groups excluding carboxylic acids is 1. The van der Waals surface area contributed by atoms with Gasteiger partial charge in [0, 0.05) is 13.6 Å². The van der Waals surface area contributed by atoms with Crippen molar-refractivity contribution in [1.82, 2.24) is 4.90 Å². The van der Waals surface area contributed by atoms with Crippen molar-refractivity contribution in [3.63, 3.8) is 0 Å². The molecule has 94 valence electrons. The molecule has 1 fully saturated rings. The normalized spacial score (nSPS) is 15.8. The van der Waals surface area contributed by atoms with Crippen molar-refractivity contribution >= 4 is 5.91 Å². The topological polar surface area (TPSA) is 44.1 Å². The van der Waals surface area contributed by atoms with E-state index in [9.17, 15) is 9.18 Å². The molecule has 0 aromatic heterocycles. The molecule has 1 saturated carbocycles. The van der Waals surface area contributed by atoms with Gasteiger partial charge in [0.2, 0.25) is 5.91 Å². The lowest BCUT2D eigenvalue weighted by Gasteiger charge is -2.19. The molecule has 18 heavy (non-hydrogen) atoms. The van der Waals surface area contributed by atoms with E-state index in [0.717, 1.165) is 0 Å². The van der Waals surface area contributed by atoms with Crippen molar-refractivity contribution in [2.45, 2.75) is 19.3 Å². The standard InChI is InChI=1S/C14H15FN2O/c1-17(13(18)14(10-16)7-8-14)9-6-11-4-2-3-5-12(11)15/h2-5H,6-9H2,1H3. The number of nitriles is 1. The monoisotopic (exact) mass is 246 g/mol. The second-order valence-electron chi connectivity index (χ2n) is 4.76. The van der Waals surface area contributed by atoms with Gasteiger partial charge in [0.05, 0.1) is 6.07 Å². The Morgan fingerprint density at radius 2 is 2.17 bits per heavy atom. The van der Waals surface area contributed by atoms with E-state index in [1.165, 1.54) is 11.0 Å². The van der Waals surface area contributed by atoms with Crippen molar-refractivity contribution in [2.75, 3.05) is 13.6 Å². The minimum Gasteiger partial charge on any atom is -0.344 e. The number of likely N-dealkylation sites (N-methyl/N-ethyl adjacent to an activating group) is 1. The minimum absolute atomic E-state index is 0.138. The lowest BCUT2D eigenvalue weighted by Crippen LogP contribution is -2.35. The van der Waals surface area contributed by atoms with Crippen LogP contribution in [0.5, 0.6) is 0 Å². The highest BCUT2D eigenvalue weighted by Crippen LogP contribution is 2.46. The van der Waals surface area contributed by atoms with E-state index in [1.54, 1.807) is 25.2 Å². The van der Waals surface area contributed by atoms with Crippen LogP contribution in [0.1, 0.15) is 18.4 Å². The molecule has 3 nitrogen and oxygen atoms in total. The Bertz CT molecular complexity index is 503. The molecule has 1 aliphatic carbocycles. The molecular formula is C14H15FN2O. The SMILES string of the molecule is CN(CCc1ccccc1F)C(=O)C1(C#N)CC1. The molecule has 0 aliphatic heterocycles. The molecule has 2 rings (SSSR count). The second-order valence-corrected chi connectivity index (χ2v) is 4.76. The molecule has 1 aromatic rings. The van der Waals surface area contributed by atoms with Crippen LogP contribution in [0.2, 0.25) is 0 Å². The maximum absolute atomic E-state index is 13.4. The first kappa shape index (κ1) is 12.6. The molecule has 4 heteroatoms. The Labute approximate surface area is 106 Å². The first-order valence-electron chi connectivity index (χ1n) is 5.99. The van der Waals surface area contributed by atoms with Crippen molar-refractivity contribution in [2.24, 2.45) is 5.41 Å². The summed E-state index contributed by atoms with van der Waals surface area (Å²) in [6, 6.07) is 8.62. The summed E-state index contributed by atoms with van der Waals surface area (Å²) in [4.78, 5) is 13.5. The van der Waals surface area contributed by atoms with Crippen LogP contribution in [-0.2, 0) is 11.2 Å². The minimum atomic E-state index is -0.788. The number of hydrogen-bond acceptors (Lipinski definition) is 2. The van der Waals surface area contributed by atoms with E-state index in [2.05, 4.69) is 6.07 Å². The molecule has 0 unspecified atom stereocenters. The fourth-order valence-corrected chi connectivity index (χ4v) is 1.95. The van der Waals surface area contributed by atoms with Crippen LogP contribution < -0.4 is 0 Å². The van der Waals surface area contributed by atoms with Gasteiger partial charge < -0.3 is 4.90 Å². The molecule has 0 atom stereocenters. The lowest BCUT2D eigenvalue weighted by molar-refractivity contribution is -0.133. The van der Waals surface area contributed by atoms with E-state index in [4.69, 9.17) is 5.26 Å². The van der Waals surface area contributed by atoms with Gasteiger partial charge in [-0.1, -0.05) is 18.2 Å². The Morgan fingerprint density at radius 1 is 1.50 bits per heavy atom. The molecule has 1 amide bonds. The summed E-state index contributed by atoms with van der Waals surface area (Å²) in [5.41, 5.74) is -0.191. The van der Waals surface area contributed by atoms with Crippen molar-refractivity contribution in [3.8, 4) is 6.07 Å². The molecule has 1 aliphatic rings. The molecule has 0 saturated heterocycles. The first-order valence-corrected chi connectivity index (χ1v) is 5.99. The Morgan fingerprint density at radius 3 is 2.72 bits per heavy atom. The van der Waals surface area contributed by atoms with Gasteiger partial charge in [0.25, 0.3) is 0 Å². The van der Waals surface area contributed by atoms with E-state index in [-0.39, 0.29) is 11.7 Å². The maximum Gasteiger partial charge on any atom is 0.242 e. The Kier molecular flexibility index (Phi) is 3.33. The predicted octanol–water partition coefficient (Wildman–Crippen LogP) is 2.13. The summed E-state index contributed by atoms with van der Waals surface area (Å²) in [5, 5.41) is 8.95. The summed E-state index contributed by atoms with van der Waals surface area (Å²) in [5.74, 6) is -0.388. The zero-order valence-electron chi connectivity index (χ0n) is 10.3. The second kappa shape index (κ2) is 4.77. The van der Waals surface area contributed by atoms with Crippen LogP contribution in [0.15, 0.2) is 24.3 Å². The number of rotatable bonds is 4. The smallest absolute Gasteiger partial charge is 0.242 e. The number of hydrogen-bond donors (Lipinski definition) is 0. The third-order valence-electron chi connectivity index (χ3n) is 3.39. The summed E-state index contributed by atoms with van der Waals surface area (Å²) in [6.07, 6.45) is 1.76. The van der Waals surface area contributed by atoms with E-state index < -0.39 is 5.41 Å².